The standard InChI is InChI=1S/C19H21N3O3/c1-13-6-7-14(15-4-2-8-20-11-15)10-17(13)21-19(25)22-9-3-5-16(12-22)18(23)24/h2,4,6-8,10-11,16H,3,5,9,12H2,1H3,(H,21,25)(H,23,24). The minimum absolute atomic E-state index is 0.252. The Bertz CT molecular complexity index is 777. The van der Waals surface area contributed by atoms with Crippen LogP contribution in [0.2, 0.25) is 0 Å². The molecule has 0 radical (unpaired) electrons. The molecule has 3 rings (SSSR count). The highest BCUT2D eigenvalue weighted by atomic mass is 16.4. The van der Waals surface area contributed by atoms with Crippen molar-refractivity contribution in [1.29, 1.82) is 0 Å². The largest absolute Gasteiger partial charge is 0.481 e. The number of nitrogens with one attached hydrogen (secondary N) is 1. The van der Waals surface area contributed by atoms with E-state index in [0.29, 0.717) is 19.4 Å². The lowest BCUT2D eigenvalue weighted by molar-refractivity contribution is -0.143. The summed E-state index contributed by atoms with van der Waals surface area (Å²) in [5, 5.41) is 12.1. The SMILES string of the molecule is Cc1ccc(-c2cccnc2)cc1NC(=O)N1CCCC(C(=O)O)C1. The minimum Gasteiger partial charge on any atom is -0.481 e. The van der Waals surface area contributed by atoms with Crippen molar-refractivity contribution < 1.29 is 14.7 Å². The number of carbonyl (C=O) groups is 2. The molecule has 0 aliphatic carbocycles. The number of pyridine rings is 1. The Balaban J connectivity index is 1.76. The highest BCUT2D eigenvalue weighted by molar-refractivity contribution is 5.91. The van der Waals surface area contributed by atoms with Crippen molar-refractivity contribution in [2.24, 2.45) is 5.92 Å². The van der Waals surface area contributed by atoms with E-state index in [1.54, 1.807) is 17.3 Å². The molecule has 6 heteroatoms. The molecule has 1 aliphatic heterocycles. The lowest BCUT2D eigenvalue weighted by Crippen LogP contribution is -2.44. The first-order chi connectivity index (χ1) is 12.0. The van der Waals surface area contributed by atoms with E-state index in [4.69, 9.17) is 5.11 Å². The average molecular weight is 339 g/mol. The fraction of sp³-hybridized carbons (Fsp3) is 0.316. The van der Waals surface area contributed by atoms with Crippen LogP contribution < -0.4 is 5.32 Å². The van der Waals surface area contributed by atoms with Crippen LogP contribution in [-0.4, -0.2) is 40.1 Å². The summed E-state index contributed by atoms with van der Waals surface area (Å²) >= 11 is 0. The molecule has 2 amide bonds. The maximum atomic E-state index is 12.5. The molecular weight excluding hydrogens is 318 g/mol. The predicted octanol–water partition coefficient (Wildman–Crippen LogP) is 3.39. The smallest absolute Gasteiger partial charge is 0.321 e. The molecule has 1 aromatic heterocycles. The monoisotopic (exact) mass is 339 g/mol. The number of benzene rings is 1. The van der Waals surface area contributed by atoms with E-state index in [9.17, 15) is 9.59 Å². The summed E-state index contributed by atoms with van der Waals surface area (Å²) in [6.45, 7) is 2.76. The number of urea groups is 1. The molecule has 1 unspecified atom stereocenters. The van der Waals surface area contributed by atoms with Gasteiger partial charge >= 0.3 is 12.0 Å². The molecule has 6 nitrogen and oxygen atoms in total. The molecule has 0 bridgehead atoms. The van der Waals surface area contributed by atoms with Crippen LogP contribution in [0, 0.1) is 12.8 Å². The molecule has 2 heterocycles. The van der Waals surface area contributed by atoms with Gasteiger partial charge in [-0.05, 0) is 43.0 Å². The third kappa shape index (κ3) is 3.96. The maximum absolute atomic E-state index is 12.5. The first kappa shape index (κ1) is 17.0. The number of rotatable bonds is 3. The molecule has 1 fully saturated rings. The van der Waals surface area contributed by atoms with Gasteiger partial charge in [0.2, 0.25) is 0 Å². The molecule has 1 aliphatic rings. The van der Waals surface area contributed by atoms with Gasteiger partial charge in [0.15, 0.2) is 0 Å². The van der Waals surface area contributed by atoms with Gasteiger partial charge in [0.05, 0.1) is 5.92 Å². The third-order valence-electron chi connectivity index (χ3n) is 4.53. The molecule has 2 N–H and O–H groups in total. The van der Waals surface area contributed by atoms with Gasteiger partial charge in [-0.2, -0.15) is 0 Å². The van der Waals surface area contributed by atoms with Gasteiger partial charge in [0.1, 0.15) is 0 Å². The molecule has 1 atom stereocenters. The van der Waals surface area contributed by atoms with Crippen molar-refractivity contribution in [3.8, 4) is 11.1 Å². The molecule has 2 aromatic rings. The number of hydrogen-bond donors (Lipinski definition) is 2. The molecule has 1 saturated heterocycles. The Kier molecular flexibility index (Phi) is 4.97. The topological polar surface area (TPSA) is 82.5 Å². The number of piperidine rings is 1. The molecular formula is C19H21N3O3. The number of aliphatic carboxylic acids is 1. The van der Waals surface area contributed by atoms with Crippen LogP contribution in [0.4, 0.5) is 10.5 Å². The predicted molar refractivity (Wildman–Crippen MR) is 95.4 cm³/mol. The number of anilines is 1. The van der Waals surface area contributed by atoms with Gasteiger partial charge in [-0.15, -0.1) is 0 Å². The quantitative estimate of drug-likeness (QED) is 0.898. The van der Waals surface area contributed by atoms with Crippen molar-refractivity contribution >= 4 is 17.7 Å². The Hall–Kier alpha value is -2.89. The second-order valence-corrected chi connectivity index (χ2v) is 6.32. The minimum atomic E-state index is -0.841. The zero-order chi connectivity index (χ0) is 17.8. The van der Waals surface area contributed by atoms with Gasteiger partial charge in [-0.25, -0.2) is 4.79 Å². The number of nitrogens with zero attached hydrogens (tertiary/aromatic N) is 2. The number of aryl methyl sites for hydroxylation is 1. The van der Waals surface area contributed by atoms with Crippen LogP contribution in [0.15, 0.2) is 42.7 Å². The Morgan fingerprint density at radius 2 is 2.12 bits per heavy atom. The Morgan fingerprint density at radius 1 is 1.28 bits per heavy atom. The number of carboxylic acids is 1. The van der Waals surface area contributed by atoms with Crippen LogP contribution in [0.25, 0.3) is 11.1 Å². The van der Waals surface area contributed by atoms with E-state index >= 15 is 0 Å². The lowest BCUT2D eigenvalue weighted by Gasteiger charge is -2.31. The molecule has 0 spiro atoms. The van der Waals surface area contributed by atoms with E-state index in [1.807, 2.05) is 37.3 Å². The van der Waals surface area contributed by atoms with Crippen LogP contribution >= 0.6 is 0 Å². The second kappa shape index (κ2) is 7.34. The van der Waals surface area contributed by atoms with E-state index in [2.05, 4.69) is 10.3 Å². The maximum Gasteiger partial charge on any atom is 0.321 e. The van der Waals surface area contributed by atoms with Crippen LogP contribution in [0.1, 0.15) is 18.4 Å². The fourth-order valence-electron chi connectivity index (χ4n) is 3.03. The summed E-state index contributed by atoms with van der Waals surface area (Å²) in [6, 6.07) is 9.44. The second-order valence-electron chi connectivity index (χ2n) is 6.32. The van der Waals surface area contributed by atoms with E-state index < -0.39 is 11.9 Å². The Labute approximate surface area is 146 Å². The lowest BCUT2D eigenvalue weighted by atomic mass is 9.98. The molecule has 0 saturated carbocycles. The summed E-state index contributed by atoms with van der Waals surface area (Å²) in [7, 11) is 0. The van der Waals surface area contributed by atoms with Crippen molar-refractivity contribution in [1.82, 2.24) is 9.88 Å². The number of likely N-dealkylation sites (tertiary alicyclic amines) is 1. The van der Waals surface area contributed by atoms with E-state index in [0.717, 1.165) is 22.4 Å². The van der Waals surface area contributed by atoms with E-state index in [-0.39, 0.29) is 12.6 Å². The summed E-state index contributed by atoms with van der Waals surface area (Å²) in [4.78, 5) is 29.4. The molecule has 1 aromatic carbocycles. The van der Waals surface area contributed by atoms with Crippen LogP contribution in [0.3, 0.4) is 0 Å². The van der Waals surface area contributed by atoms with Gasteiger partial charge in [0, 0.05) is 36.7 Å². The molecule has 25 heavy (non-hydrogen) atoms. The highest BCUT2D eigenvalue weighted by Crippen LogP contribution is 2.25. The number of carbonyl (C=O) groups excluding carboxylic acids is 1. The number of amides is 2. The third-order valence-corrected chi connectivity index (χ3v) is 4.53. The van der Waals surface area contributed by atoms with Gasteiger partial charge in [-0.1, -0.05) is 18.2 Å². The molecule has 130 valence electrons. The van der Waals surface area contributed by atoms with Crippen molar-refractivity contribution in [3.63, 3.8) is 0 Å². The average Bonchev–Trinajstić information content (AvgIpc) is 2.64. The van der Waals surface area contributed by atoms with Crippen molar-refractivity contribution in [2.75, 3.05) is 18.4 Å². The first-order valence-electron chi connectivity index (χ1n) is 8.34. The summed E-state index contributed by atoms with van der Waals surface area (Å²) in [5.41, 5.74) is 3.62. The number of aromatic nitrogens is 1. The van der Waals surface area contributed by atoms with E-state index in [1.165, 1.54) is 0 Å². The van der Waals surface area contributed by atoms with Gasteiger partial charge < -0.3 is 15.3 Å². The number of hydrogen-bond acceptors (Lipinski definition) is 3. The number of carboxylic acid groups (broad SMARTS) is 1. The first-order valence-corrected chi connectivity index (χ1v) is 8.34. The fourth-order valence-corrected chi connectivity index (χ4v) is 3.03. The summed E-state index contributed by atoms with van der Waals surface area (Å²) in [6.07, 6.45) is 4.82. The van der Waals surface area contributed by atoms with Crippen molar-refractivity contribution in [3.05, 3.63) is 48.3 Å². The van der Waals surface area contributed by atoms with Gasteiger partial charge in [0.25, 0.3) is 0 Å². The normalized spacial score (nSPS) is 17.2. The van der Waals surface area contributed by atoms with Crippen molar-refractivity contribution in [2.45, 2.75) is 19.8 Å². The van der Waals surface area contributed by atoms with Gasteiger partial charge in [-0.3, -0.25) is 9.78 Å². The summed E-state index contributed by atoms with van der Waals surface area (Å²) < 4.78 is 0. The summed E-state index contributed by atoms with van der Waals surface area (Å²) in [5.74, 6) is -1.32. The zero-order valence-corrected chi connectivity index (χ0v) is 14.1. The highest BCUT2D eigenvalue weighted by Gasteiger charge is 2.28. The Morgan fingerprint density at radius 3 is 2.84 bits per heavy atom. The zero-order valence-electron chi connectivity index (χ0n) is 14.1. The van der Waals surface area contributed by atoms with Crippen LogP contribution in [-0.2, 0) is 4.79 Å². The van der Waals surface area contributed by atoms with Crippen LogP contribution in [0.5, 0.6) is 0 Å².